The zero-order chi connectivity index (χ0) is 87.5. The molecule has 0 heterocycles. The molecule has 0 radical (unpaired) electrons. The van der Waals surface area contributed by atoms with E-state index in [-0.39, 0.29) is 0 Å². The lowest BCUT2D eigenvalue weighted by Crippen LogP contribution is -2.04. The third-order valence-corrected chi connectivity index (χ3v) is 33.6. The average molecular weight is 1640 g/mol. The third-order valence-electron chi connectivity index (χ3n) is 33.6. The van der Waals surface area contributed by atoms with Crippen LogP contribution < -0.4 is 0 Å². The zero-order valence-electron chi connectivity index (χ0n) is 77.1. The Morgan fingerprint density at radius 1 is 0.102 bits per heavy atom. The number of benzene rings is 24. The van der Waals surface area contributed by atoms with E-state index < -0.39 is 0 Å². The van der Waals surface area contributed by atoms with Crippen molar-refractivity contribution in [1.29, 1.82) is 0 Å². The molecular weight excluding hydrogens is 1540 g/mol. The first-order chi connectivity index (χ1) is 61.9. The summed E-state index contributed by atoms with van der Waals surface area (Å²) in [6, 6.07) is 94.3. The Kier molecular flexibility index (Phi) is 16.0. The van der Waals surface area contributed by atoms with Gasteiger partial charge in [0.05, 0.1) is 0 Å². The zero-order valence-corrected chi connectivity index (χ0v) is 77.1. The molecule has 0 saturated carbocycles. The SMILES string of the molecule is Cc1c(C)c(C)c(-c2c3c(c(-c4c(C)c(C)c(C)c(C)c4C)c4cc5c6cc7ccccc7cc6c6ccccc6c5cc24)-c2cc4cccc5ccc6ccc-3c2c6c54)c(C)c1C.Cc1c(C)c(C)c(-c2c3c(c(-c4c(C)c(C)c(C)c(C)c4C)c4cc5c6cc7ccccc7cc6c6ccccc6c5cc24)-c2ccc4ccc5cccc6cc-3c2c4c56)c(C)c1C. The van der Waals surface area contributed by atoms with Gasteiger partial charge in [0.1, 0.15) is 0 Å². The van der Waals surface area contributed by atoms with Crippen molar-refractivity contribution in [1.82, 2.24) is 0 Å². The van der Waals surface area contributed by atoms with Gasteiger partial charge in [0, 0.05) is 0 Å². The molecule has 2 aliphatic rings. The average Bonchev–Trinajstić information content (AvgIpc) is 1.51. The molecule has 2 aliphatic carbocycles. The maximum absolute atomic E-state index is 2.63. The highest BCUT2D eigenvalue weighted by Crippen LogP contribution is 2.65. The molecule has 0 saturated heterocycles. The summed E-state index contributed by atoms with van der Waals surface area (Å²) in [6.07, 6.45) is 0. The molecule has 0 bridgehead atoms. The Bertz CT molecular complexity index is 9220. The maximum atomic E-state index is 2.63. The summed E-state index contributed by atoms with van der Waals surface area (Å²) in [5.41, 5.74) is 49.7. The molecule has 128 heavy (non-hydrogen) atoms. The van der Waals surface area contributed by atoms with Gasteiger partial charge >= 0.3 is 0 Å². The van der Waals surface area contributed by atoms with Crippen LogP contribution in [0, 0.1) is 138 Å². The fourth-order valence-electron chi connectivity index (χ4n) is 25.4. The van der Waals surface area contributed by atoms with E-state index in [0.29, 0.717) is 0 Å². The van der Waals surface area contributed by atoms with E-state index in [9.17, 15) is 0 Å². The van der Waals surface area contributed by atoms with Crippen molar-refractivity contribution in [2.45, 2.75) is 138 Å². The van der Waals surface area contributed by atoms with E-state index in [2.05, 4.69) is 381 Å². The van der Waals surface area contributed by atoms with Crippen molar-refractivity contribution in [2.75, 3.05) is 0 Å². The molecule has 26 rings (SSSR count). The van der Waals surface area contributed by atoms with Crippen molar-refractivity contribution >= 4 is 172 Å². The molecule has 24 aromatic rings. The van der Waals surface area contributed by atoms with Crippen LogP contribution in [0.2, 0.25) is 0 Å². The molecule has 0 N–H and O–H groups in total. The molecule has 0 atom stereocenters. The van der Waals surface area contributed by atoms with Crippen LogP contribution in [0.4, 0.5) is 0 Å². The lowest BCUT2D eigenvalue weighted by atomic mass is 9.75. The predicted molar refractivity (Wildman–Crippen MR) is 561 cm³/mol. The van der Waals surface area contributed by atoms with Crippen LogP contribution in [0.3, 0.4) is 0 Å². The summed E-state index contributed by atoms with van der Waals surface area (Å²) >= 11 is 0. The van der Waals surface area contributed by atoms with Crippen LogP contribution in [-0.4, -0.2) is 0 Å². The van der Waals surface area contributed by atoms with Gasteiger partial charge in [0.25, 0.3) is 0 Å². The quantitative estimate of drug-likeness (QED) is 0.122. The molecule has 0 aromatic heterocycles. The van der Waals surface area contributed by atoms with Crippen molar-refractivity contribution in [3.8, 4) is 89.0 Å². The van der Waals surface area contributed by atoms with E-state index in [1.54, 1.807) is 0 Å². The van der Waals surface area contributed by atoms with Crippen LogP contribution >= 0.6 is 0 Å². The van der Waals surface area contributed by atoms with E-state index in [1.807, 2.05) is 0 Å². The normalized spacial score (nSPS) is 12.5. The molecule has 0 fully saturated rings. The second-order valence-electron chi connectivity index (χ2n) is 38.8. The second kappa shape index (κ2) is 26.8. The molecule has 0 aliphatic heterocycles. The van der Waals surface area contributed by atoms with Crippen molar-refractivity contribution in [2.24, 2.45) is 0 Å². The van der Waals surface area contributed by atoms with Gasteiger partial charge in [-0.1, -0.05) is 182 Å². The van der Waals surface area contributed by atoms with Gasteiger partial charge in [-0.3, -0.25) is 0 Å². The smallest absolute Gasteiger partial charge is 0.000698 e. The molecular formula is C128H100. The van der Waals surface area contributed by atoms with Crippen LogP contribution in [0.1, 0.15) is 111 Å². The van der Waals surface area contributed by atoms with Crippen LogP contribution in [0.15, 0.2) is 243 Å². The molecule has 0 heteroatoms. The molecule has 0 nitrogen and oxygen atoms in total. The summed E-state index contributed by atoms with van der Waals surface area (Å²) in [5, 5.41) is 42.3. The first-order valence-corrected chi connectivity index (χ1v) is 46.2. The summed E-state index contributed by atoms with van der Waals surface area (Å²) in [7, 11) is 0. The number of fused-ring (bicyclic) bond motifs is 22. The Hall–Kier alpha value is -14.0. The van der Waals surface area contributed by atoms with Gasteiger partial charge in [-0.2, -0.15) is 0 Å². The molecule has 24 aromatic carbocycles. The fraction of sp³-hybridized carbons (Fsp3) is 0.156. The summed E-state index contributed by atoms with van der Waals surface area (Å²) in [4.78, 5) is 0. The van der Waals surface area contributed by atoms with Gasteiger partial charge in [-0.15, -0.1) is 0 Å². The van der Waals surface area contributed by atoms with Crippen molar-refractivity contribution in [3.05, 3.63) is 354 Å². The number of hydrogen-bond acceptors (Lipinski definition) is 0. The first-order valence-electron chi connectivity index (χ1n) is 46.2. The van der Waals surface area contributed by atoms with E-state index in [4.69, 9.17) is 0 Å². The minimum absolute atomic E-state index is 1.27. The minimum Gasteiger partial charge on any atom is -0.0616 e. The second-order valence-corrected chi connectivity index (χ2v) is 38.8. The third kappa shape index (κ3) is 9.86. The van der Waals surface area contributed by atoms with E-state index >= 15 is 0 Å². The van der Waals surface area contributed by atoms with Crippen LogP contribution in [0.25, 0.3) is 261 Å². The van der Waals surface area contributed by atoms with Gasteiger partial charge in [0.2, 0.25) is 0 Å². The largest absolute Gasteiger partial charge is 0.0616 e. The highest BCUT2D eigenvalue weighted by atomic mass is 14.4. The minimum atomic E-state index is 1.27. The van der Waals surface area contributed by atoms with Crippen molar-refractivity contribution < 1.29 is 0 Å². The number of hydrogen-bond donors (Lipinski definition) is 0. The van der Waals surface area contributed by atoms with Gasteiger partial charge in [-0.05, 0) is 572 Å². The highest BCUT2D eigenvalue weighted by Gasteiger charge is 2.39. The lowest BCUT2D eigenvalue weighted by molar-refractivity contribution is 1.18. The number of rotatable bonds is 4. The van der Waals surface area contributed by atoms with Crippen LogP contribution in [-0.2, 0) is 0 Å². The molecule has 0 unspecified atom stereocenters. The van der Waals surface area contributed by atoms with E-state index in [1.165, 1.54) is 373 Å². The van der Waals surface area contributed by atoms with Gasteiger partial charge in [-0.25, -0.2) is 0 Å². The Balaban J connectivity index is 0.000000139. The molecule has 612 valence electrons. The van der Waals surface area contributed by atoms with Crippen LogP contribution in [0.5, 0.6) is 0 Å². The highest BCUT2D eigenvalue weighted by molar-refractivity contribution is 6.41. The predicted octanol–water partition coefficient (Wildman–Crippen LogP) is 36.8. The maximum Gasteiger partial charge on any atom is -0.000698 e. The summed E-state index contributed by atoms with van der Waals surface area (Å²) < 4.78 is 0. The van der Waals surface area contributed by atoms with E-state index in [0.717, 1.165) is 0 Å². The van der Waals surface area contributed by atoms with Crippen molar-refractivity contribution in [3.63, 3.8) is 0 Å². The Morgan fingerprint density at radius 2 is 0.297 bits per heavy atom. The monoisotopic (exact) mass is 1640 g/mol. The topological polar surface area (TPSA) is 0 Å². The molecule has 0 amide bonds. The lowest BCUT2D eigenvalue weighted by Gasteiger charge is -2.28. The summed E-state index contributed by atoms with van der Waals surface area (Å²) in [5.74, 6) is 0. The Morgan fingerprint density at radius 3 is 0.570 bits per heavy atom. The standard InChI is InChI=1S/2C64H50/c1-31-33(3)37(7)56(38(8)34(31)4)62-54-30-52-50-27-44-17-12-11-16-43(44)26-49(50)46-20-13-14-21-47(46)51(52)29-53(54)63(57-39(9)35(5)32(2)36(6)40(57)10)64-55-28-45-19-15-18-41-22-23-42-24-25-48(61(62)64)60(55)59(42)58(41)45;1-31-33(3)37(7)56(38(8)34(31)4)62-53-29-51-47-21-14-13-20-46(47)49-26-43-16-11-12-17-44(43)27-50(49)52(51)30-54(53)63(57-39(9)35(5)32(2)36(6)40(57)10)64-55-28-45-19-15-18-41-22-23-42-24-25-48(61(62)64)60(55)59(42)58(41)45/h2*11-30H,1-10H3. The first kappa shape index (κ1) is 76.4. The van der Waals surface area contributed by atoms with Gasteiger partial charge < -0.3 is 0 Å². The van der Waals surface area contributed by atoms with Gasteiger partial charge in [0.15, 0.2) is 0 Å². The Labute approximate surface area is 748 Å². The molecule has 0 spiro atoms. The fourth-order valence-corrected chi connectivity index (χ4v) is 25.4. The summed E-state index contributed by atoms with van der Waals surface area (Å²) in [6.45, 7) is 47.1.